The van der Waals surface area contributed by atoms with E-state index in [1.54, 1.807) is 7.11 Å². The zero-order valence-electron chi connectivity index (χ0n) is 14.4. The van der Waals surface area contributed by atoms with Crippen LogP contribution in [0.4, 0.5) is 6.01 Å². The lowest BCUT2D eigenvalue weighted by atomic mass is 10.2. The Morgan fingerprint density at radius 2 is 2.28 bits per heavy atom. The zero-order valence-corrected chi connectivity index (χ0v) is 14.4. The van der Waals surface area contributed by atoms with Gasteiger partial charge in [-0.3, -0.25) is 0 Å². The first-order valence-corrected chi connectivity index (χ1v) is 8.47. The number of nitrogens with zero attached hydrogens (tertiary/aromatic N) is 5. The van der Waals surface area contributed by atoms with Crippen LogP contribution < -0.4 is 9.64 Å². The highest BCUT2D eigenvalue weighted by molar-refractivity contribution is 5.58. The van der Waals surface area contributed by atoms with Gasteiger partial charge in [-0.2, -0.15) is 4.98 Å². The van der Waals surface area contributed by atoms with Gasteiger partial charge < -0.3 is 18.7 Å². The number of hydrogen-bond acceptors (Lipinski definition) is 6. The zero-order chi connectivity index (χ0) is 17.2. The van der Waals surface area contributed by atoms with Gasteiger partial charge in [-0.15, -0.1) is 0 Å². The van der Waals surface area contributed by atoms with E-state index in [2.05, 4.69) is 24.6 Å². The quantitative estimate of drug-likeness (QED) is 0.712. The molecule has 0 bridgehead atoms. The first-order valence-electron chi connectivity index (χ1n) is 8.47. The summed E-state index contributed by atoms with van der Waals surface area (Å²) in [6.07, 6.45) is 6.08. The molecule has 0 aliphatic carbocycles. The highest BCUT2D eigenvalue weighted by atomic mass is 16.5. The van der Waals surface area contributed by atoms with Crippen molar-refractivity contribution in [2.75, 3.05) is 18.6 Å². The van der Waals surface area contributed by atoms with Crippen molar-refractivity contribution < 1.29 is 9.26 Å². The summed E-state index contributed by atoms with van der Waals surface area (Å²) in [6, 6.07) is 8.60. The maximum atomic E-state index is 5.56. The highest BCUT2D eigenvalue weighted by Gasteiger charge is 2.29. The van der Waals surface area contributed by atoms with E-state index in [4.69, 9.17) is 9.26 Å². The minimum Gasteiger partial charge on any atom is -0.497 e. The van der Waals surface area contributed by atoms with Crippen LogP contribution in [0.3, 0.4) is 0 Å². The molecule has 3 heterocycles. The lowest BCUT2D eigenvalue weighted by Crippen LogP contribution is -2.33. The van der Waals surface area contributed by atoms with Gasteiger partial charge in [0.05, 0.1) is 13.2 Å². The number of aromatic nitrogens is 4. The Bertz CT molecular complexity index is 857. The van der Waals surface area contributed by atoms with Crippen molar-refractivity contribution in [2.24, 2.45) is 0 Å². The van der Waals surface area contributed by atoms with Crippen molar-refractivity contribution >= 4 is 6.01 Å². The van der Waals surface area contributed by atoms with E-state index in [1.165, 1.54) is 0 Å². The first-order chi connectivity index (χ1) is 12.2. The Morgan fingerprint density at radius 1 is 1.36 bits per heavy atom. The second-order valence-electron chi connectivity index (χ2n) is 6.25. The van der Waals surface area contributed by atoms with Crippen molar-refractivity contribution in [1.29, 1.82) is 0 Å². The van der Waals surface area contributed by atoms with Crippen LogP contribution >= 0.6 is 0 Å². The first kappa shape index (κ1) is 15.7. The van der Waals surface area contributed by atoms with Gasteiger partial charge in [-0.1, -0.05) is 17.3 Å². The van der Waals surface area contributed by atoms with Crippen molar-refractivity contribution in [3.63, 3.8) is 0 Å². The van der Waals surface area contributed by atoms with Crippen LogP contribution in [0.5, 0.6) is 5.75 Å². The molecule has 7 nitrogen and oxygen atoms in total. The maximum Gasteiger partial charge on any atom is 0.324 e. The summed E-state index contributed by atoms with van der Waals surface area (Å²) in [5.41, 5.74) is 0.885. The number of ether oxygens (including phenoxy) is 1. The number of aryl methyl sites for hydroxylation is 1. The van der Waals surface area contributed by atoms with E-state index >= 15 is 0 Å². The van der Waals surface area contributed by atoms with Crippen LogP contribution in [0.15, 0.2) is 41.2 Å². The van der Waals surface area contributed by atoms with Crippen molar-refractivity contribution in [2.45, 2.75) is 32.4 Å². The predicted octanol–water partition coefficient (Wildman–Crippen LogP) is 2.92. The molecule has 0 amide bonds. The Hall–Kier alpha value is -2.83. The molecule has 130 valence electrons. The fraction of sp³-hybridized carbons (Fsp3) is 0.389. The molecule has 1 aromatic carbocycles. The summed E-state index contributed by atoms with van der Waals surface area (Å²) in [4.78, 5) is 11.1. The molecule has 4 rings (SSSR count). The lowest BCUT2D eigenvalue weighted by molar-refractivity contribution is 0.403. The number of benzene rings is 1. The molecule has 1 fully saturated rings. The summed E-state index contributed by atoms with van der Waals surface area (Å²) in [5.74, 6) is 2.38. The van der Waals surface area contributed by atoms with E-state index in [9.17, 15) is 0 Å². The van der Waals surface area contributed by atoms with Crippen LogP contribution in [-0.4, -0.2) is 39.4 Å². The van der Waals surface area contributed by atoms with Gasteiger partial charge >= 0.3 is 6.01 Å². The molecule has 1 aliphatic rings. The standard InChI is InChI=1S/C18H21N5O2/c1-13-19-8-10-22(13)12-15-6-4-9-23(15)18-20-17(21-25-18)14-5-3-7-16(11-14)24-2/h3,5,7-8,10-11,15H,4,6,9,12H2,1-2H3/t15-/m0/s1. The second kappa shape index (κ2) is 6.58. The van der Waals surface area contributed by atoms with Crippen LogP contribution in [0.2, 0.25) is 0 Å². The predicted molar refractivity (Wildman–Crippen MR) is 93.6 cm³/mol. The average Bonchev–Trinajstić information content (AvgIpc) is 3.37. The summed E-state index contributed by atoms with van der Waals surface area (Å²) >= 11 is 0. The van der Waals surface area contributed by atoms with E-state index < -0.39 is 0 Å². The number of anilines is 1. The molecule has 0 spiro atoms. The molecule has 7 heteroatoms. The third-order valence-corrected chi connectivity index (χ3v) is 4.70. The van der Waals surface area contributed by atoms with E-state index in [-0.39, 0.29) is 0 Å². The Morgan fingerprint density at radius 3 is 3.08 bits per heavy atom. The molecule has 2 aromatic heterocycles. The molecular formula is C18H21N5O2. The van der Waals surface area contributed by atoms with Gasteiger partial charge in [-0.25, -0.2) is 4.98 Å². The smallest absolute Gasteiger partial charge is 0.324 e. The van der Waals surface area contributed by atoms with Crippen LogP contribution in [0.25, 0.3) is 11.4 Å². The van der Waals surface area contributed by atoms with Crippen LogP contribution in [0.1, 0.15) is 18.7 Å². The SMILES string of the molecule is COc1cccc(-c2noc(N3CCC[C@H]3Cn3ccnc3C)n2)c1. The Kier molecular flexibility index (Phi) is 4.13. The number of methoxy groups -OCH3 is 1. The molecule has 25 heavy (non-hydrogen) atoms. The third kappa shape index (κ3) is 3.09. The molecule has 0 radical (unpaired) electrons. The normalized spacial score (nSPS) is 17.2. The van der Waals surface area contributed by atoms with E-state index in [0.717, 1.165) is 43.1 Å². The summed E-state index contributed by atoms with van der Waals surface area (Å²) in [6.45, 7) is 3.83. The molecular weight excluding hydrogens is 318 g/mol. The molecule has 0 saturated carbocycles. The molecule has 1 saturated heterocycles. The third-order valence-electron chi connectivity index (χ3n) is 4.70. The average molecular weight is 339 g/mol. The largest absolute Gasteiger partial charge is 0.497 e. The van der Waals surface area contributed by atoms with Gasteiger partial charge in [0.15, 0.2) is 0 Å². The maximum absolute atomic E-state index is 5.56. The Balaban J connectivity index is 1.55. The van der Waals surface area contributed by atoms with Gasteiger partial charge in [0.25, 0.3) is 0 Å². The van der Waals surface area contributed by atoms with Crippen molar-refractivity contribution in [3.8, 4) is 17.1 Å². The lowest BCUT2D eigenvalue weighted by Gasteiger charge is -2.22. The van der Waals surface area contributed by atoms with Gasteiger partial charge in [0.2, 0.25) is 5.82 Å². The van der Waals surface area contributed by atoms with E-state index in [1.807, 2.05) is 43.6 Å². The summed E-state index contributed by atoms with van der Waals surface area (Å²) < 4.78 is 13.0. The number of rotatable bonds is 5. The van der Waals surface area contributed by atoms with Gasteiger partial charge in [-0.05, 0) is 31.9 Å². The van der Waals surface area contributed by atoms with Crippen molar-refractivity contribution in [3.05, 3.63) is 42.5 Å². The summed E-state index contributed by atoms with van der Waals surface area (Å²) in [7, 11) is 1.65. The number of imidazole rings is 1. The molecule has 1 aliphatic heterocycles. The van der Waals surface area contributed by atoms with Crippen LogP contribution in [-0.2, 0) is 6.54 Å². The fourth-order valence-corrected chi connectivity index (χ4v) is 3.31. The van der Waals surface area contributed by atoms with E-state index in [0.29, 0.717) is 17.9 Å². The summed E-state index contributed by atoms with van der Waals surface area (Å²) in [5, 5.41) is 4.15. The Labute approximate surface area is 146 Å². The van der Waals surface area contributed by atoms with Gasteiger partial charge in [0.1, 0.15) is 11.6 Å². The fourth-order valence-electron chi connectivity index (χ4n) is 3.31. The van der Waals surface area contributed by atoms with Crippen molar-refractivity contribution in [1.82, 2.24) is 19.7 Å². The monoisotopic (exact) mass is 339 g/mol. The molecule has 0 unspecified atom stereocenters. The molecule has 3 aromatic rings. The molecule has 1 atom stereocenters. The minimum atomic E-state index is 0.339. The van der Waals surface area contributed by atoms with Gasteiger partial charge in [0, 0.05) is 31.0 Å². The second-order valence-corrected chi connectivity index (χ2v) is 6.25. The molecule has 0 N–H and O–H groups in total. The minimum absolute atomic E-state index is 0.339. The van der Waals surface area contributed by atoms with Crippen LogP contribution in [0, 0.1) is 6.92 Å². The highest BCUT2D eigenvalue weighted by Crippen LogP contribution is 2.28. The number of hydrogen-bond donors (Lipinski definition) is 0. The topological polar surface area (TPSA) is 69.2 Å².